The van der Waals surface area contributed by atoms with Gasteiger partial charge in [-0.3, -0.25) is 9.59 Å². The number of ether oxygens (including phenoxy) is 2. The summed E-state index contributed by atoms with van der Waals surface area (Å²) >= 11 is 0. The van der Waals surface area contributed by atoms with Crippen molar-refractivity contribution in [2.45, 2.75) is 20.3 Å². The van der Waals surface area contributed by atoms with Crippen LogP contribution in [-0.4, -0.2) is 25.2 Å². The summed E-state index contributed by atoms with van der Waals surface area (Å²) in [7, 11) is 0. The topological polar surface area (TPSA) is 52.6 Å². The summed E-state index contributed by atoms with van der Waals surface area (Å²) in [5.74, 6) is -2.82. The van der Waals surface area contributed by atoms with Crippen molar-refractivity contribution in [3.8, 4) is 11.1 Å². The Morgan fingerprint density at radius 1 is 0.960 bits per heavy atom. The van der Waals surface area contributed by atoms with Crippen molar-refractivity contribution in [1.29, 1.82) is 0 Å². The predicted molar refractivity (Wildman–Crippen MR) is 92.3 cm³/mol. The monoisotopic (exact) mass is 344 g/mol. The van der Waals surface area contributed by atoms with Crippen LogP contribution in [-0.2, 0) is 25.5 Å². The average Bonchev–Trinajstić information content (AvgIpc) is 2.61. The first kappa shape index (κ1) is 18.6. The largest absolute Gasteiger partial charge is 0.465 e. The molecule has 2 rings (SSSR count). The lowest BCUT2D eigenvalue weighted by Crippen LogP contribution is -2.30. The van der Waals surface area contributed by atoms with Gasteiger partial charge in [-0.2, -0.15) is 0 Å². The van der Waals surface area contributed by atoms with E-state index in [-0.39, 0.29) is 19.6 Å². The molecule has 0 N–H and O–H groups in total. The van der Waals surface area contributed by atoms with Crippen LogP contribution in [0.5, 0.6) is 0 Å². The summed E-state index contributed by atoms with van der Waals surface area (Å²) in [6.45, 7) is 3.65. The third kappa shape index (κ3) is 4.89. The molecule has 0 aliphatic heterocycles. The SMILES string of the molecule is CCOC(=O)C(Cc1ccc(-c2ccccc2)c(F)c1)C(=O)OCC. The van der Waals surface area contributed by atoms with E-state index in [2.05, 4.69) is 0 Å². The van der Waals surface area contributed by atoms with Crippen LogP contribution in [0.15, 0.2) is 48.5 Å². The van der Waals surface area contributed by atoms with Crippen molar-refractivity contribution in [3.05, 3.63) is 59.9 Å². The summed E-state index contributed by atoms with van der Waals surface area (Å²) in [6, 6.07) is 13.9. The first-order valence-corrected chi connectivity index (χ1v) is 8.23. The van der Waals surface area contributed by atoms with Gasteiger partial charge in [-0.1, -0.05) is 42.5 Å². The average molecular weight is 344 g/mol. The lowest BCUT2D eigenvalue weighted by molar-refractivity contribution is -0.161. The standard InChI is InChI=1S/C20H21FO4/c1-3-24-19(22)17(20(23)25-4-2)12-14-10-11-16(18(21)13-14)15-8-6-5-7-9-15/h5-11,13,17H,3-4,12H2,1-2H3. The maximum absolute atomic E-state index is 14.5. The molecule has 5 heteroatoms. The number of esters is 2. The second-order valence-corrected chi connectivity index (χ2v) is 5.44. The molecule has 0 unspecified atom stereocenters. The zero-order chi connectivity index (χ0) is 18.2. The first-order chi connectivity index (χ1) is 12.1. The van der Waals surface area contributed by atoms with Gasteiger partial charge >= 0.3 is 11.9 Å². The first-order valence-electron chi connectivity index (χ1n) is 8.23. The fraction of sp³-hybridized carbons (Fsp3) is 0.300. The Labute approximate surface area is 146 Å². The molecule has 2 aromatic carbocycles. The smallest absolute Gasteiger partial charge is 0.320 e. The Hall–Kier alpha value is -2.69. The molecule has 132 valence electrons. The van der Waals surface area contributed by atoms with Gasteiger partial charge in [0.1, 0.15) is 5.82 Å². The van der Waals surface area contributed by atoms with Crippen molar-refractivity contribution in [2.24, 2.45) is 5.92 Å². The van der Waals surface area contributed by atoms with Crippen LogP contribution in [0.2, 0.25) is 0 Å². The number of rotatable bonds is 7. The summed E-state index contributed by atoms with van der Waals surface area (Å²) in [4.78, 5) is 24.0. The van der Waals surface area contributed by atoms with Gasteiger partial charge in [0.25, 0.3) is 0 Å². The maximum Gasteiger partial charge on any atom is 0.320 e. The number of carbonyl (C=O) groups excluding carboxylic acids is 2. The molecule has 2 aromatic rings. The Balaban J connectivity index is 2.23. The zero-order valence-corrected chi connectivity index (χ0v) is 14.3. The number of hydrogen-bond acceptors (Lipinski definition) is 4. The number of halogens is 1. The van der Waals surface area contributed by atoms with Crippen LogP contribution >= 0.6 is 0 Å². The maximum atomic E-state index is 14.5. The highest BCUT2D eigenvalue weighted by molar-refractivity contribution is 5.95. The van der Waals surface area contributed by atoms with E-state index in [9.17, 15) is 14.0 Å². The van der Waals surface area contributed by atoms with Gasteiger partial charge < -0.3 is 9.47 Å². The predicted octanol–water partition coefficient (Wildman–Crippen LogP) is 3.78. The molecule has 0 amide bonds. The molecule has 0 aromatic heterocycles. The van der Waals surface area contributed by atoms with E-state index in [0.29, 0.717) is 11.1 Å². The molecule has 0 aliphatic carbocycles. The van der Waals surface area contributed by atoms with Gasteiger partial charge in [-0.05, 0) is 37.5 Å². The van der Waals surface area contributed by atoms with Crippen LogP contribution in [0, 0.1) is 11.7 Å². The van der Waals surface area contributed by atoms with Crippen LogP contribution in [0.4, 0.5) is 4.39 Å². The van der Waals surface area contributed by atoms with Crippen molar-refractivity contribution >= 4 is 11.9 Å². The quantitative estimate of drug-likeness (QED) is 0.567. The Morgan fingerprint density at radius 3 is 2.08 bits per heavy atom. The molecular formula is C20H21FO4. The van der Waals surface area contributed by atoms with Gasteiger partial charge in [-0.25, -0.2) is 4.39 Å². The normalized spacial score (nSPS) is 10.6. The van der Waals surface area contributed by atoms with Gasteiger partial charge in [0.05, 0.1) is 13.2 Å². The van der Waals surface area contributed by atoms with Crippen LogP contribution in [0.3, 0.4) is 0 Å². The summed E-state index contributed by atoms with van der Waals surface area (Å²) < 4.78 is 24.3. The van der Waals surface area contributed by atoms with Crippen molar-refractivity contribution in [2.75, 3.05) is 13.2 Å². The minimum atomic E-state index is -1.10. The molecular weight excluding hydrogens is 323 g/mol. The molecule has 0 heterocycles. The number of carbonyl (C=O) groups is 2. The Bertz CT molecular complexity index is 710. The van der Waals surface area contributed by atoms with Crippen molar-refractivity contribution in [1.82, 2.24) is 0 Å². The fourth-order valence-corrected chi connectivity index (χ4v) is 2.52. The van der Waals surface area contributed by atoms with Crippen LogP contribution in [0.1, 0.15) is 19.4 Å². The number of hydrogen-bond donors (Lipinski definition) is 0. The summed E-state index contributed by atoms with van der Waals surface area (Å²) in [5, 5.41) is 0. The third-order valence-electron chi connectivity index (χ3n) is 3.70. The van der Waals surface area contributed by atoms with Crippen molar-refractivity contribution in [3.63, 3.8) is 0 Å². The molecule has 0 fully saturated rings. The highest BCUT2D eigenvalue weighted by atomic mass is 19.1. The van der Waals surface area contributed by atoms with E-state index in [4.69, 9.17) is 9.47 Å². The molecule has 0 atom stereocenters. The Morgan fingerprint density at radius 2 is 1.56 bits per heavy atom. The molecule has 0 bridgehead atoms. The molecule has 0 spiro atoms. The lowest BCUT2D eigenvalue weighted by Gasteiger charge is -2.15. The van der Waals surface area contributed by atoms with Gasteiger partial charge in [0.2, 0.25) is 0 Å². The molecule has 4 nitrogen and oxygen atoms in total. The fourth-order valence-electron chi connectivity index (χ4n) is 2.52. The van der Waals surface area contributed by atoms with E-state index in [1.165, 1.54) is 6.07 Å². The lowest BCUT2D eigenvalue weighted by atomic mass is 9.96. The van der Waals surface area contributed by atoms with E-state index >= 15 is 0 Å². The van der Waals surface area contributed by atoms with Crippen LogP contribution in [0.25, 0.3) is 11.1 Å². The second-order valence-electron chi connectivity index (χ2n) is 5.44. The second kappa shape index (κ2) is 8.97. The summed E-state index contributed by atoms with van der Waals surface area (Å²) in [6.07, 6.45) is 0.0314. The summed E-state index contributed by atoms with van der Waals surface area (Å²) in [5.41, 5.74) is 1.76. The molecule has 0 saturated carbocycles. The number of benzene rings is 2. The molecule has 25 heavy (non-hydrogen) atoms. The van der Waals surface area contributed by atoms with E-state index in [0.717, 1.165) is 5.56 Å². The minimum Gasteiger partial charge on any atom is -0.465 e. The van der Waals surface area contributed by atoms with E-state index in [1.807, 2.05) is 30.3 Å². The van der Waals surface area contributed by atoms with Crippen molar-refractivity contribution < 1.29 is 23.5 Å². The van der Waals surface area contributed by atoms with Crippen LogP contribution < -0.4 is 0 Å². The van der Waals surface area contributed by atoms with E-state index < -0.39 is 23.7 Å². The molecule has 0 aliphatic rings. The molecule has 0 saturated heterocycles. The third-order valence-corrected chi connectivity index (χ3v) is 3.70. The van der Waals surface area contributed by atoms with E-state index in [1.54, 1.807) is 26.0 Å². The molecule has 0 radical (unpaired) electrons. The van der Waals surface area contributed by atoms with Gasteiger partial charge in [0, 0.05) is 5.56 Å². The van der Waals surface area contributed by atoms with Gasteiger partial charge in [-0.15, -0.1) is 0 Å². The minimum absolute atomic E-state index is 0.0314. The Kier molecular flexibility index (Phi) is 6.69. The highest BCUT2D eigenvalue weighted by Gasteiger charge is 2.30. The highest BCUT2D eigenvalue weighted by Crippen LogP contribution is 2.24. The zero-order valence-electron chi connectivity index (χ0n) is 14.3. The van der Waals surface area contributed by atoms with Gasteiger partial charge in [0.15, 0.2) is 5.92 Å².